The Morgan fingerprint density at radius 2 is 1.92 bits per heavy atom. The molecular weight excluding hydrogens is 371 g/mol. The Kier molecular flexibility index (Phi) is 4.55. The SMILES string of the molecule is O=C1CCCC2=C1C(c1cccc(Cl)c1Cl)CC(=O)N2c1cccnc1. The lowest BCUT2D eigenvalue weighted by Gasteiger charge is -2.38. The van der Waals surface area contributed by atoms with Crippen LogP contribution in [0.15, 0.2) is 54.0 Å². The van der Waals surface area contributed by atoms with Gasteiger partial charge in [0.25, 0.3) is 0 Å². The summed E-state index contributed by atoms with van der Waals surface area (Å²) in [6.45, 7) is 0. The van der Waals surface area contributed by atoms with Crippen LogP contribution >= 0.6 is 23.2 Å². The number of ketones is 1. The number of hydrogen-bond acceptors (Lipinski definition) is 3. The minimum Gasteiger partial charge on any atom is -0.294 e. The second kappa shape index (κ2) is 6.86. The highest BCUT2D eigenvalue weighted by Crippen LogP contribution is 2.45. The van der Waals surface area contributed by atoms with E-state index in [1.807, 2.05) is 12.1 Å². The molecule has 1 aliphatic heterocycles. The van der Waals surface area contributed by atoms with Crippen LogP contribution in [-0.2, 0) is 9.59 Å². The molecule has 4 nitrogen and oxygen atoms in total. The van der Waals surface area contributed by atoms with Gasteiger partial charge in [-0.2, -0.15) is 0 Å². The Balaban J connectivity index is 1.90. The fourth-order valence-electron chi connectivity index (χ4n) is 3.83. The van der Waals surface area contributed by atoms with Gasteiger partial charge in [0.1, 0.15) is 0 Å². The highest BCUT2D eigenvalue weighted by molar-refractivity contribution is 6.42. The molecule has 4 rings (SSSR count). The molecule has 1 aromatic carbocycles. The first-order chi connectivity index (χ1) is 12.6. The van der Waals surface area contributed by atoms with Crippen molar-refractivity contribution in [3.05, 3.63) is 69.6 Å². The van der Waals surface area contributed by atoms with Gasteiger partial charge in [0.05, 0.1) is 21.9 Å². The summed E-state index contributed by atoms with van der Waals surface area (Å²) in [4.78, 5) is 31.6. The summed E-state index contributed by atoms with van der Waals surface area (Å²) in [5.41, 5.74) is 2.88. The molecule has 0 saturated heterocycles. The van der Waals surface area contributed by atoms with Crippen LogP contribution in [0.5, 0.6) is 0 Å². The van der Waals surface area contributed by atoms with E-state index < -0.39 is 0 Å². The van der Waals surface area contributed by atoms with Gasteiger partial charge in [-0.25, -0.2) is 0 Å². The van der Waals surface area contributed by atoms with Gasteiger partial charge in [0.2, 0.25) is 5.91 Å². The molecule has 0 bridgehead atoms. The molecule has 1 unspecified atom stereocenters. The summed E-state index contributed by atoms with van der Waals surface area (Å²) in [5.74, 6) is -0.342. The van der Waals surface area contributed by atoms with Gasteiger partial charge in [-0.15, -0.1) is 0 Å². The number of hydrogen-bond donors (Lipinski definition) is 0. The van der Waals surface area contributed by atoms with Crippen molar-refractivity contribution in [3.63, 3.8) is 0 Å². The number of nitrogens with zero attached hydrogens (tertiary/aromatic N) is 2. The quantitative estimate of drug-likeness (QED) is 0.735. The molecule has 0 radical (unpaired) electrons. The molecule has 26 heavy (non-hydrogen) atoms. The average Bonchev–Trinajstić information content (AvgIpc) is 2.64. The first-order valence-corrected chi connectivity index (χ1v) is 9.26. The van der Waals surface area contributed by atoms with Crippen molar-refractivity contribution < 1.29 is 9.59 Å². The third-order valence-electron chi connectivity index (χ3n) is 4.94. The minimum atomic E-state index is -0.357. The van der Waals surface area contributed by atoms with Crippen LogP contribution in [0, 0.1) is 0 Å². The maximum absolute atomic E-state index is 13.0. The van der Waals surface area contributed by atoms with Crippen molar-refractivity contribution in [2.24, 2.45) is 0 Å². The van der Waals surface area contributed by atoms with E-state index in [9.17, 15) is 9.59 Å². The predicted molar refractivity (Wildman–Crippen MR) is 101 cm³/mol. The van der Waals surface area contributed by atoms with Crippen LogP contribution in [0.25, 0.3) is 0 Å². The molecule has 0 N–H and O–H groups in total. The summed E-state index contributed by atoms with van der Waals surface area (Å²) < 4.78 is 0. The first-order valence-electron chi connectivity index (χ1n) is 8.51. The normalized spacial score (nSPS) is 20.4. The molecule has 1 aromatic heterocycles. The molecular formula is C20H16Cl2N2O2. The van der Waals surface area contributed by atoms with Crippen molar-refractivity contribution in [2.75, 3.05) is 4.90 Å². The lowest BCUT2D eigenvalue weighted by molar-refractivity contribution is -0.119. The van der Waals surface area contributed by atoms with Gasteiger partial charge < -0.3 is 0 Å². The summed E-state index contributed by atoms with van der Waals surface area (Å²) >= 11 is 12.6. The molecule has 6 heteroatoms. The third-order valence-corrected chi connectivity index (χ3v) is 5.77. The van der Waals surface area contributed by atoms with Crippen molar-refractivity contribution >= 4 is 40.6 Å². The van der Waals surface area contributed by atoms with Crippen molar-refractivity contribution in [1.29, 1.82) is 0 Å². The zero-order chi connectivity index (χ0) is 18.3. The zero-order valence-electron chi connectivity index (χ0n) is 13.9. The maximum atomic E-state index is 13.0. The molecule has 0 saturated carbocycles. The fraction of sp³-hybridized carbons (Fsp3) is 0.250. The number of halogens is 2. The molecule has 1 aliphatic carbocycles. The molecule has 2 aliphatic rings. The number of anilines is 1. The van der Waals surface area contributed by atoms with E-state index in [1.165, 1.54) is 0 Å². The van der Waals surface area contributed by atoms with Crippen LogP contribution < -0.4 is 4.90 Å². The zero-order valence-corrected chi connectivity index (χ0v) is 15.4. The first kappa shape index (κ1) is 17.3. The summed E-state index contributed by atoms with van der Waals surface area (Å²) in [7, 11) is 0. The van der Waals surface area contributed by atoms with Crippen LogP contribution in [0.1, 0.15) is 37.2 Å². The highest BCUT2D eigenvalue weighted by Gasteiger charge is 2.40. The van der Waals surface area contributed by atoms with E-state index in [2.05, 4.69) is 4.98 Å². The minimum absolute atomic E-state index is 0.0625. The molecule has 2 aromatic rings. The van der Waals surface area contributed by atoms with Crippen LogP contribution in [0.4, 0.5) is 5.69 Å². The van der Waals surface area contributed by atoms with Crippen molar-refractivity contribution in [2.45, 2.75) is 31.6 Å². The van der Waals surface area contributed by atoms with E-state index in [-0.39, 0.29) is 24.0 Å². The summed E-state index contributed by atoms with van der Waals surface area (Å²) in [5, 5.41) is 0.837. The Bertz CT molecular complexity index is 925. The average molecular weight is 387 g/mol. The number of aromatic nitrogens is 1. The number of Topliss-reactive ketones (excluding diaryl/α,β-unsaturated/α-hetero) is 1. The fourth-order valence-corrected chi connectivity index (χ4v) is 4.27. The largest absolute Gasteiger partial charge is 0.294 e. The Labute approximate surface area is 161 Å². The highest BCUT2D eigenvalue weighted by atomic mass is 35.5. The van der Waals surface area contributed by atoms with Gasteiger partial charge in [0, 0.05) is 36.2 Å². The number of pyridine rings is 1. The van der Waals surface area contributed by atoms with E-state index >= 15 is 0 Å². The standard InChI is InChI=1S/C20H16Cl2N2O2/c21-15-6-1-5-13(20(15)22)14-10-18(26)24(12-4-3-9-23-11-12)16-7-2-8-17(25)19(14)16/h1,3-6,9,11,14H,2,7-8,10H2. The number of benzene rings is 1. The van der Waals surface area contributed by atoms with E-state index in [0.29, 0.717) is 34.1 Å². The number of allylic oxidation sites excluding steroid dienone is 2. The van der Waals surface area contributed by atoms with Crippen LogP contribution in [0.2, 0.25) is 10.0 Å². The lowest BCUT2D eigenvalue weighted by Crippen LogP contribution is -2.40. The maximum Gasteiger partial charge on any atom is 0.232 e. The summed E-state index contributed by atoms with van der Waals surface area (Å²) in [6, 6.07) is 8.97. The number of rotatable bonds is 2. The molecule has 1 amide bonds. The van der Waals surface area contributed by atoms with Crippen LogP contribution in [0.3, 0.4) is 0 Å². The summed E-state index contributed by atoms with van der Waals surface area (Å²) in [6.07, 6.45) is 5.39. The molecule has 0 spiro atoms. The second-order valence-electron chi connectivity index (χ2n) is 6.48. The third kappa shape index (κ3) is 2.83. The monoisotopic (exact) mass is 386 g/mol. The number of carbonyl (C=O) groups is 2. The Morgan fingerprint density at radius 3 is 2.69 bits per heavy atom. The van der Waals surface area contributed by atoms with Gasteiger partial charge in [0.15, 0.2) is 5.78 Å². The van der Waals surface area contributed by atoms with E-state index in [4.69, 9.17) is 23.2 Å². The van der Waals surface area contributed by atoms with E-state index in [0.717, 1.165) is 17.7 Å². The second-order valence-corrected chi connectivity index (χ2v) is 7.26. The van der Waals surface area contributed by atoms with Gasteiger partial charge in [-0.3, -0.25) is 19.5 Å². The predicted octanol–water partition coefficient (Wildman–Crippen LogP) is 4.92. The van der Waals surface area contributed by atoms with Crippen LogP contribution in [-0.4, -0.2) is 16.7 Å². The van der Waals surface area contributed by atoms with Gasteiger partial charge >= 0.3 is 0 Å². The van der Waals surface area contributed by atoms with Gasteiger partial charge in [-0.1, -0.05) is 35.3 Å². The Morgan fingerprint density at radius 1 is 1.08 bits per heavy atom. The van der Waals surface area contributed by atoms with Crippen molar-refractivity contribution in [1.82, 2.24) is 4.98 Å². The smallest absolute Gasteiger partial charge is 0.232 e. The lowest BCUT2D eigenvalue weighted by atomic mass is 9.77. The van der Waals surface area contributed by atoms with E-state index in [1.54, 1.807) is 35.5 Å². The van der Waals surface area contributed by atoms with Gasteiger partial charge in [-0.05, 0) is 36.6 Å². The molecule has 0 fully saturated rings. The number of amides is 1. The number of carbonyl (C=O) groups excluding carboxylic acids is 2. The topological polar surface area (TPSA) is 50.3 Å². The van der Waals surface area contributed by atoms with Crippen molar-refractivity contribution in [3.8, 4) is 0 Å². The Hall–Kier alpha value is -2.17. The molecule has 132 valence electrons. The molecule has 2 heterocycles. The molecule has 1 atom stereocenters.